The first-order chi connectivity index (χ1) is 13.7. The number of carbonyl (C=O) groups excluding carboxylic acids is 1. The minimum absolute atomic E-state index is 0.0196. The predicted octanol–water partition coefficient (Wildman–Crippen LogP) is 2.47. The van der Waals surface area contributed by atoms with E-state index < -0.39 is 0 Å². The summed E-state index contributed by atoms with van der Waals surface area (Å²) in [4.78, 5) is 27.8. The topological polar surface area (TPSA) is 106 Å². The number of benzene rings is 1. The number of nitrogens with zero attached hydrogens (tertiary/aromatic N) is 4. The molecule has 0 bridgehead atoms. The zero-order valence-corrected chi connectivity index (χ0v) is 15.6. The standard InChI is InChI=1S/C20H22N6O2/c1-28-16-5-3-2-4-15(16)24-20(27)13-8-10-26(11-9-13)19-14-6-7-17(21)25-18(14)22-12-23-19/h2-7,12-13H,8-11H2,1H3,(H,24,27)(H2,21,22,23,25). The first-order valence-electron chi connectivity index (χ1n) is 9.22. The molecule has 0 atom stereocenters. The second kappa shape index (κ2) is 7.67. The van der Waals surface area contributed by atoms with Gasteiger partial charge in [-0.05, 0) is 37.1 Å². The van der Waals surface area contributed by atoms with E-state index in [4.69, 9.17) is 10.5 Å². The number of anilines is 3. The quantitative estimate of drug-likeness (QED) is 0.718. The monoisotopic (exact) mass is 378 g/mol. The molecule has 1 amide bonds. The number of amides is 1. The molecule has 1 aliphatic heterocycles. The molecular weight excluding hydrogens is 356 g/mol. The molecule has 8 heteroatoms. The van der Waals surface area contributed by atoms with Crippen molar-refractivity contribution >= 4 is 34.3 Å². The summed E-state index contributed by atoms with van der Waals surface area (Å²) in [5, 5.41) is 3.86. The second-order valence-corrected chi connectivity index (χ2v) is 6.76. The van der Waals surface area contributed by atoms with Crippen molar-refractivity contribution in [2.45, 2.75) is 12.8 Å². The maximum absolute atomic E-state index is 12.7. The number of methoxy groups -OCH3 is 1. The molecule has 1 saturated heterocycles. The lowest BCUT2D eigenvalue weighted by molar-refractivity contribution is -0.120. The molecule has 0 saturated carbocycles. The Labute approximate surface area is 162 Å². The number of rotatable bonds is 4. The van der Waals surface area contributed by atoms with Crippen molar-refractivity contribution in [1.82, 2.24) is 15.0 Å². The lowest BCUT2D eigenvalue weighted by atomic mass is 9.95. The molecule has 28 heavy (non-hydrogen) atoms. The van der Waals surface area contributed by atoms with Crippen LogP contribution in [0.4, 0.5) is 17.3 Å². The van der Waals surface area contributed by atoms with Crippen LogP contribution in [0.15, 0.2) is 42.7 Å². The highest BCUT2D eigenvalue weighted by Crippen LogP contribution is 2.29. The number of aromatic nitrogens is 3. The van der Waals surface area contributed by atoms with Crippen molar-refractivity contribution in [3.8, 4) is 5.75 Å². The Morgan fingerprint density at radius 2 is 1.96 bits per heavy atom. The maximum atomic E-state index is 12.7. The van der Waals surface area contributed by atoms with Crippen molar-refractivity contribution in [2.24, 2.45) is 5.92 Å². The van der Waals surface area contributed by atoms with E-state index in [0.717, 1.165) is 37.1 Å². The van der Waals surface area contributed by atoms with Crippen LogP contribution >= 0.6 is 0 Å². The van der Waals surface area contributed by atoms with Gasteiger partial charge in [0.15, 0.2) is 5.65 Å². The van der Waals surface area contributed by atoms with Crippen LogP contribution in [0.3, 0.4) is 0 Å². The zero-order chi connectivity index (χ0) is 19.5. The van der Waals surface area contributed by atoms with Gasteiger partial charge >= 0.3 is 0 Å². The summed E-state index contributed by atoms with van der Waals surface area (Å²) >= 11 is 0. The van der Waals surface area contributed by atoms with Crippen molar-refractivity contribution in [1.29, 1.82) is 0 Å². The van der Waals surface area contributed by atoms with E-state index in [1.165, 1.54) is 6.33 Å². The third-order valence-corrected chi connectivity index (χ3v) is 5.03. The number of pyridine rings is 1. The minimum Gasteiger partial charge on any atom is -0.495 e. The molecule has 0 radical (unpaired) electrons. The van der Waals surface area contributed by atoms with Crippen LogP contribution in [0.5, 0.6) is 5.75 Å². The van der Waals surface area contributed by atoms with E-state index in [9.17, 15) is 4.79 Å². The summed E-state index contributed by atoms with van der Waals surface area (Å²) in [6.07, 6.45) is 2.99. The highest BCUT2D eigenvalue weighted by atomic mass is 16.5. The molecule has 0 spiro atoms. The molecule has 3 aromatic rings. The number of ether oxygens (including phenoxy) is 1. The number of nitrogens with two attached hydrogens (primary N) is 1. The summed E-state index contributed by atoms with van der Waals surface area (Å²) in [5.41, 5.74) is 7.03. The van der Waals surface area contributed by atoms with Gasteiger partial charge in [0, 0.05) is 19.0 Å². The van der Waals surface area contributed by atoms with Crippen LogP contribution in [0.25, 0.3) is 11.0 Å². The number of hydrogen-bond donors (Lipinski definition) is 2. The number of nitrogens with one attached hydrogen (secondary N) is 1. The number of piperidine rings is 1. The second-order valence-electron chi connectivity index (χ2n) is 6.76. The van der Waals surface area contributed by atoms with Gasteiger partial charge in [0.2, 0.25) is 5.91 Å². The van der Waals surface area contributed by atoms with E-state index in [0.29, 0.717) is 22.9 Å². The molecule has 3 heterocycles. The van der Waals surface area contributed by atoms with Gasteiger partial charge in [0.05, 0.1) is 18.2 Å². The number of nitrogen functional groups attached to an aromatic ring is 1. The van der Waals surface area contributed by atoms with Crippen LogP contribution in [0, 0.1) is 5.92 Å². The van der Waals surface area contributed by atoms with Gasteiger partial charge < -0.3 is 20.7 Å². The van der Waals surface area contributed by atoms with Crippen molar-refractivity contribution in [3.63, 3.8) is 0 Å². The maximum Gasteiger partial charge on any atom is 0.227 e. The van der Waals surface area contributed by atoms with Crippen LogP contribution in [-0.4, -0.2) is 41.1 Å². The fourth-order valence-electron chi connectivity index (χ4n) is 3.53. The Bertz CT molecular complexity index is 1000. The first-order valence-corrected chi connectivity index (χ1v) is 9.22. The van der Waals surface area contributed by atoms with E-state index in [1.807, 2.05) is 30.3 Å². The van der Waals surface area contributed by atoms with E-state index in [2.05, 4.69) is 25.2 Å². The number of carbonyl (C=O) groups is 1. The SMILES string of the molecule is COc1ccccc1NC(=O)C1CCN(c2ncnc3nc(N)ccc23)CC1. The molecule has 1 fully saturated rings. The predicted molar refractivity (Wildman–Crippen MR) is 108 cm³/mol. The molecule has 1 aliphatic rings. The van der Waals surface area contributed by atoms with Crippen LogP contribution in [0.2, 0.25) is 0 Å². The summed E-state index contributed by atoms with van der Waals surface area (Å²) in [6, 6.07) is 11.1. The molecule has 1 aromatic carbocycles. The van der Waals surface area contributed by atoms with Crippen LogP contribution < -0.4 is 20.7 Å². The molecule has 2 aromatic heterocycles. The highest BCUT2D eigenvalue weighted by molar-refractivity contribution is 5.94. The Balaban J connectivity index is 1.44. The van der Waals surface area contributed by atoms with Gasteiger partial charge in [0.25, 0.3) is 0 Å². The van der Waals surface area contributed by atoms with Gasteiger partial charge in [-0.25, -0.2) is 15.0 Å². The molecule has 8 nitrogen and oxygen atoms in total. The smallest absolute Gasteiger partial charge is 0.227 e. The van der Waals surface area contributed by atoms with E-state index >= 15 is 0 Å². The Morgan fingerprint density at radius 1 is 1.18 bits per heavy atom. The lowest BCUT2D eigenvalue weighted by Gasteiger charge is -2.32. The van der Waals surface area contributed by atoms with Crippen molar-refractivity contribution in [2.75, 3.05) is 36.1 Å². The highest BCUT2D eigenvalue weighted by Gasteiger charge is 2.27. The lowest BCUT2D eigenvalue weighted by Crippen LogP contribution is -2.38. The van der Waals surface area contributed by atoms with Crippen molar-refractivity contribution < 1.29 is 9.53 Å². The molecule has 144 valence electrons. The summed E-state index contributed by atoms with van der Waals surface area (Å²) < 4.78 is 5.31. The molecular formula is C20H22N6O2. The van der Waals surface area contributed by atoms with Gasteiger partial charge in [-0.2, -0.15) is 0 Å². The number of para-hydroxylation sites is 2. The number of hydrogen-bond acceptors (Lipinski definition) is 7. The van der Waals surface area contributed by atoms with Crippen LogP contribution in [-0.2, 0) is 4.79 Å². The van der Waals surface area contributed by atoms with Gasteiger partial charge in [-0.15, -0.1) is 0 Å². The number of fused-ring (bicyclic) bond motifs is 1. The van der Waals surface area contributed by atoms with Gasteiger partial charge in [0.1, 0.15) is 23.7 Å². The molecule has 3 N–H and O–H groups in total. The molecule has 0 aliphatic carbocycles. The van der Waals surface area contributed by atoms with Gasteiger partial charge in [-0.3, -0.25) is 4.79 Å². The first kappa shape index (κ1) is 18.0. The fraction of sp³-hybridized carbons (Fsp3) is 0.300. The molecule has 0 unspecified atom stereocenters. The Morgan fingerprint density at radius 3 is 2.75 bits per heavy atom. The summed E-state index contributed by atoms with van der Waals surface area (Å²) in [7, 11) is 1.60. The third kappa shape index (κ3) is 3.53. The van der Waals surface area contributed by atoms with Crippen LogP contribution in [0.1, 0.15) is 12.8 Å². The van der Waals surface area contributed by atoms with Gasteiger partial charge in [-0.1, -0.05) is 12.1 Å². The van der Waals surface area contributed by atoms with Crippen molar-refractivity contribution in [3.05, 3.63) is 42.7 Å². The normalized spacial score (nSPS) is 14.8. The summed E-state index contributed by atoms with van der Waals surface area (Å²) in [5.74, 6) is 1.90. The Hall–Kier alpha value is -3.42. The minimum atomic E-state index is -0.0527. The third-order valence-electron chi connectivity index (χ3n) is 5.03. The summed E-state index contributed by atoms with van der Waals surface area (Å²) in [6.45, 7) is 1.47. The fourth-order valence-corrected chi connectivity index (χ4v) is 3.53. The Kier molecular flexibility index (Phi) is 4.92. The largest absolute Gasteiger partial charge is 0.495 e. The van der Waals surface area contributed by atoms with E-state index in [1.54, 1.807) is 13.2 Å². The van der Waals surface area contributed by atoms with E-state index in [-0.39, 0.29) is 11.8 Å². The average Bonchev–Trinajstić information content (AvgIpc) is 2.73. The average molecular weight is 378 g/mol. The zero-order valence-electron chi connectivity index (χ0n) is 15.6. The molecule has 4 rings (SSSR count).